The van der Waals surface area contributed by atoms with Crippen molar-refractivity contribution in [3.8, 4) is 5.75 Å². The largest absolute Gasteiger partial charge is 0.508 e. The minimum Gasteiger partial charge on any atom is -0.508 e. The van der Waals surface area contributed by atoms with Crippen molar-refractivity contribution in [2.45, 2.75) is 25.8 Å². The fourth-order valence-electron chi connectivity index (χ4n) is 2.81. The van der Waals surface area contributed by atoms with Crippen LogP contribution in [0.1, 0.15) is 16.8 Å². The number of rotatable bonds is 8. The molecule has 0 unspecified atom stereocenters. The zero-order valence-electron chi connectivity index (χ0n) is 16.4. The second-order valence-corrected chi connectivity index (χ2v) is 7.92. The first kappa shape index (κ1) is 21.8. The maximum absolute atomic E-state index is 12.8. The molecule has 6 nitrogen and oxygen atoms in total. The van der Waals surface area contributed by atoms with E-state index in [2.05, 4.69) is 10.0 Å². The molecule has 2 aromatic carbocycles. The zero-order valence-corrected chi connectivity index (χ0v) is 18.0. The Balaban J connectivity index is 1.62. The lowest BCUT2D eigenvalue weighted by Crippen LogP contribution is -2.33. The highest BCUT2D eigenvalue weighted by Gasteiger charge is 2.11. The number of aromatic hydroxyl groups is 1. The fraction of sp³-hybridized carbons (Fsp3) is 0.182. The van der Waals surface area contributed by atoms with Gasteiger partial charge in [-0.3, -0.25) is 9.59 Å². The van der Waals surface area contributed by atoms with E-state index in [1.807, 2.05) is 30.3 Å². The highest BCUT2D eigenvalue weighted by atomic mass is 35.5. The molecule has 0 aliphatic carbocycles. The molecule has 0 saturated carbocycles. The van der Waals surface area contributed by atoms with E-state index in [4.69, 9.17) is 11.6 Å². The van der Waals surface area contributed by atoms with Gasteiger partial charge in [0.15, 0.2) is 0 Å². The number of pyridine rings is 1. The summed E-state index contributed by atoms with van der Waals surface area (Å²) in [6.45, 7) is 1.77. The maximum Gasteiger partial charge on any atom is 0.275 e. The van der Waals surface area contributed by atoms with Crippen LogP contribution in [0.15, 0.2) is 65.5 Å². The summed E-state index contributed by atoms with van der Waals surface area (Å²) in [5.41, 5.74) is 2.48. The van der Waals surface area contributed by atoms with Gasteiger partial charge >= 0.3 is 0 Å². The summed E-state index contributed by atoms with van der Waals surface area (Å²) in [5.74, 6) is 0.418. The zero-order chi connectivity index (χ0) is 21.5. The molecule has 1 heterocycles. The van der Waals surface area contributed by atoms with Crippen molar-refractivity contribution in [1.82, 2.24) is 9.88 Å². The number of nitrogens with zero attached hydrogens (tertiary/aromatic N) is 1. The Morgan fingerprint density at radius 2 is 1.90 bits per heavy atom. The molecule has 3 rings (SSSR count). The monoisotopic (exact) mass is 443 g/mol. The molecule has 3 N–H and O–H groups in total. The second-order valence-electron chi connectivity index (χ2n) is 6.71. The first-order chi connectivity index (χ1) is 14.4. The maximum atomic E-state index is 12.8. The van der Waals surface area contributed by atoms with E-state index in [1.165, 1.54) is 22.6 Å². The van der Waals surface area contributed by atoms with Crippen LogP contribution in [0.2, 0.25) is 5.02 Å². The van der Waals surface area contributed by atoms with E-state index >= 15 is 0 Å². The standard InChI is InChI=1S/C22H22ClN3O3S/c1-15-7-9-19(25-30-14-16-5-3-2-4-6-16)22(29)26(15)13-21(28)24-12-17-11-18(23)8-10-20(17)27/h2-11,25,27H,12-14H2,1H3,(H,24,28). The molecule has 0 saturated heterocycles. The smallest absolute Gasteiger partial charge is 0.275 e. The van der Waals surface area contributed by atoms with Gasteiger partial charge in [-0.15, -0.1) is 0 Å². The lowest BCUT2D eigenvalue weighted by atomic mass is 10.2. The van der Waals surface area contributed by atoms with Crippen LogP contribution >= 0.6 is 23.5 Å². The van der Waals surface area contributed by atoms with Crippen LogP contribution in [0.4, 0.5) is 5.69 Å². The van der Waals surface area contributed by atoms with Gasteiger partial charge in [0.25, 0.3) is 5.56 Å². The predicted molar refractivity (Wildman–Crippen MR) is 122 cm³/mol. The number of nitrogens with one attached hydrogen (secondary N) is 2. The summed E-state index contributed by atoms with van der Waals surface area (Å²) in [5, 5.41) is 13.0. The normalized spacial score (nSPS) is 10.6. The summed E-state index contributed by atoms with van der Waals surface area (Å²) < 4.78 is 4.49. The first-order valence-corrected chi connectivity index (χ1v) is 10.7. The molecule has 0 spiro atoms. The number of aryl methyl sites for hydroxylation is 1. The molecule has 0 aliphatic heterocycles. The van der Waals surface area contributed by atoms with E-state index in [0.29, 0.717) is 27.7 Å². The summed E-state index contributed by atoms with van der Waals surface area (Å²) in [6, 6.07) is 18.1. The molecule has 0 atom stereocenters. The van der Waals surface area contributed by atoms with Gasteiger partial charge in [0, 0.05) is 28.6 Å². The Kier molecular flexibility index (Phi) is 7.43. The van der Waals surface area contributed by atoms with Crippen LogP contribution in [0.25, 0.3) is 0 Å². The number of halogens is 1. The molecule has 8 heteroatoms. The Morgan fingerprint density at radius 1 is 1.13 bits per heavy atom. The number of benzene rings is 2. The quantitative estimate of drug-likeness (QED) is 0.457. The van der Waals surface area contributed by atoms with Gasteiger partial charge in [-0.2, -0.15) is 0 Å². The third-order valence-electron chi connectivity index (χ3n) is 4.48. The molecular weight excluding hydrogens is 422 g/mol. The third kappa shape index (κ3) is 5.81. The average molecular weight is 444 g/mol. The van der Waals surface area contributed by atoms with Crippen molar-refractivity contribution in [3.05, 3.63) is 92.9 Å². The van der Waals surface area contributed by atoms with Crippen molar-refractivity contribution in [1.29, 1.82) is 0 Å². The van der Waals surface area contributed by atoms with Crippen molar-refractivity contribution >= 4 is 35.1 Å². The summed E-state index contributed by atoms with van der Waals surface area (Å²) in [7, 11) is 0. The van der Waals surface area contributed by atoms with Crippen LogP contribution in [-0.2, 0) is 23.6 Å². The molecule has 30 heavy (non-hydrogen) atoms. The number of amides is 1. The average Bonchev–Trinajstić information content (AvgIpc) is 2.74. The molecule has 0 fully saturated rings. The van der Waals surface area contributed by atoms with E-state index < -0.39 is 0 Å². The van der Waals surface area contributed by atoms with Crippen molar-refractivity contribution in [3.63, 3.8) is 0 Å². The number of anilines is 1. The van der Waals surface area contributed by atoms with E-state index in [-0.39, 0.29) is 30.3 Å². The van der Waals surface area contributed by atoms with Crippen LogP contribution in [0.5, 0.6) is 5.75 Å². The number of phenolic OH excluding ortho intramolecular Hbond substituents is 1. The molecule has 1 aromatic heterocycles. The van der Waals surface area contributed by atoms with Gasteiger partial charge in [0.05, 0.1) is 0 Å². The van der Waals surface area contributed by atoms with Gasteiger partial charge < -0.3 is 19.7 Å². The lowest BCUT2D eigenvalue weighted by molar-refractivity contribution is -0.121. The lowest BCUT2D eigenvalue weighted by Gasteiger charge is -2.13. The number of phenols is 1. The fourth-order valence-corrected chi connectivity index (χ4v) is 3.74. The van der Waals surface area contributed by atoms with Crippen LogP contribution in [0, 0.1) is 6.92 Å². The second kappa shape index (κ2) is 10.2. The number of carbonyl (C=O) groups is 1. The molecule has 0 radical (unpaired) electrons. The van der Waals surface area contributed by atoms with E-state index in [1.54, 1.807) is 31.2 Å². The Morgan fingerprint density at radius 3 is 2.67 bits per heavy atom. The Hall–Kier alpha value is -2.90. The third-order valence-corrected chi connectivity index (χ3v) is 5.55. The van der Waals surface area contributed by atoms with Gasteiger partial charge in [-0.25, -0.2) is 0 Å². The summed E-state index contributed by atoms with van der Waals surface area (Å²) >= 11 is 7.34. The molecule has 1 amide bonds. The number of aromatic nitrogens is 1. The number of hydrogen-bond donors (Lipinski definition) is 3. The summed E-state index contributed by atoms with van der Waals surface area (Å²) in [4.78, 5) is 25.2. The molecule has 0 aliphatic rings. The van der Waals surface area contributed by atoms with Crippen molar-refractivity contribution in [2.75, 3.05) is 4.72 Å². The van der Waals surface area contributed by atoms with Crippen LogP contribution in [-0.4, -0.2) is 15.6 Å². The van der Waals surface area contributed by atoms with E-state index in [9.17, 15) is 14.7 Å². The van der Waals surface area contributed by atoms with Crippen molar-refractivity contribution in [2.24, 2.45) is 0 Å². The Bertz CT molecular complexity index is 1090. The van der Waals surface area contributed by atoms with Gasteiger partial charge in [-0.1, -0.05) is 41.9 Å². The highest BCUT2D eigenvalue weighted by molar-refractivity contribution is 7.99. The SMILES string of the molecule is Cc1ccc(NSCc2ccccc2)c(=O)n1CC(=O)NCc1cc(Cl)ccc1O. The van der Waals surface area contributed by atoms with Gasteiger partial charge in [-0.05, 0) is 54.8 Å². The minimum atomic E-state index is -0.339. The first-order valence-electron chi connectivity index (χ1n) is 9.30. The van der Waals surface area contributed by atoms with Gasteiger partial charge in [0.1, 0.15) is 18.0 Å². The molecule has 3 aromatic rings. The van der Waals surface area contributed by atoms with Crippen LogP contribution < -0.4 is 15.6 Å². The minimum absolute atomic E-state index is 0.0506. The molecule has 0 bridgehead atoms. The van der Waals surface area contributed by atoms with Gasteiger partial charge in [0.2, 0.25) is 5.91 Å². The van der Waals surface area contributed by atoms with Crippen LogP contribution in [0.3, 0.4) is 0 Å². The number of hydrogen-bond acceptors (Lipinski definition) is 5. The predicted octanol–water partition coefficient (Wildman–Crippen LogP) is 4.09. The van der Waals surface area contributed by atoms with E-state index in [0.717, 1.165) is 5.56 Å². The topological polar surface area (TPSA) is 83.4 Å². The highest BCUT2D eigenvalue weighted by Crippen LogP contribution is 2.21. The summed E-state index contributed by atoms with van der Waals surface area (Å²) in [6.07, 6.45) is 0. The molecule has 156 valence electrons. The van der Waals surface area contributed by atoms with Crippen molar-refractivity contribution < 1.29 is 9.90 Å². The molecular formula is C22H22ClN3O3S. The Labute approximate surface area is 184 Å². The number of carbonyl (C=O) groups excluding carboxylic acids is 1.